The first-order chi connectivity index (χ1) is 17.6. The summed E-state index contributed by atoms with van der Waals surface area (Å²) in [7, 11) is 0. The average molecular weight is 533 g/mol. The van der Waals surface area contributed by atoms with E-state index in [0.717, 1.165) is 0 Å². The standard InChI is InChI=1S/C30H44O8/c1-29(2,27(35)36)13-7-5-9-19-15-23(31)17-21(25(19)33)11-12-22-18-24(32)16-20(26(22)34)10-6-8-14-30(3,4)28(37)38/h11-12,15-18,23-26,31-34H,5-10,13-14H2,1-4H3,(H,35,36)(H,37,38)/b12-11-. The van der Waals surface area contributed by atoms with Crippen LogP contribution in [0.5, 0.6) is 0 Å². The molecule has 0 heterocycles. The van der Waals surface area contributed by atoms with Crippen molar-refractivity contribution in [1.29, 1.82) is 0 Å². The van der Waals surface area contributed by atoms with Crippen molar-refractivity contribution >= 4 is 11.9 Å². The molecule has 0 aromatic carbocycles. The van der Waals surface area contributed by atoms with Crippen molar-refractivity contribution in [3.05, 3.63) is 58.7 Å². The topological polar surface area (TPSA) is 156 Å². The summed E-state index contributed by atoms with van der Waals surface area (Å²) < 4.78 is 0. The third-order valence-electron chi connectivity index (χ3n) is 7.49. The minimum atomic E-state index is -0.930. The van der Waals surface area contributed by atoms with Crippen LogP contribution >= 0.6 is 0 Å². The van der Waals surface area contributed by atoms with Crippen molar-refractivity contribution in [3.8, 4) is 0 Å². The Labute approximate surface area is 225 Å². The first kappa shape index (κ1) is 31.7. The molecule has 212 valence electrons. The fraction of sp³-hybridized carbons (Fsp3) is 0.600. The largest absolute Gasteiger partial charge is 0.481 e. The molecule has 4 unspecified atom stereocenters. The summed E-state index contributed by atoms with van der Waals surface area (Å²) in [5, 5.41) is 60.8. The molecule has 8 nitrogen and oxygen atoms in total. The SMILES string of the molecule is CC(C)(CCCCC1=CC(O)C=C(/C=C\C2=CC(O)C=C(CCCCC(C)(C)C(=O)O)C2O)C1O)C(=O)O. The van der Waals surface area contributed by atoms with Gasteiger partial charge in [0.15, 0.2) is 0 Å². The maximum absolute atomic E-state index is 11.3. The van der Waals surface area contributed by atoms with E-state index in [4.69, 9.17) is 0 Å². The molecular weight excluding hydrogens is 488 g/mol. The second-order valence-corrected chi connectivity index (χ2v) is 11.7. The van der Waals surface area contributed by atoms with Gasteiger partial charge in [-0.15, -0.1) is 0 Å². The van der Waals surface area contributed by atoms with Crippen LogP contribution in [0.3, 0.4) is 0 Å². The summed E-state index contributed by atoms with van der Waals surface area (Å²) in [4.78, 5) is 22.6. The lowest BCUT2D eigenvalue weighted by Crippen LogP contribution is -2.24. The van der Waals surface area contributed by atoms with Crippen molar-refractivity contribution in [2.45, 2.75) is 103 Å². The van der Waals surface area contributed by atoms with E-state index in [9.17, 15) is 40.2 Å². The van der Waals surface area contributed by atoms with Crippen LogP contribution in [0.4, 0.5) is 0 Å². The average Bonchev–Trinajstić information content (AvgIpc) is 2.82. The monoisotopic (exact) mass is 532 g/mol. The number of hydrogen-bond donors (Lipinski definition) is 6. The number of carboxylic acids is 2. The van der Waals surface area contributed by atoms with E-state index in [2.05, 4.69) is 0 Å². The zero-order valence-electron chi connectivity index (χ0n) is 22.9. The van der Waals surface area contributed by atoms with Crippen LogP contribution in [-0.4, -0.2) is 67.0 Å². The first-order valence-electron chi connectivity index (χ1n) is 13.4. The number of hydrogen-bond acceptors (Lipinski definition) is 6. The first-order valence-corrected chi connectivity index (χ1v) is 13.4. The van der Waals surface area contributed by atoms with Crippen molar-refractivity contribution in [3.63, 3.8) is 0 Å². The number of carbonyl (C=O) groups is 2. The Bertz CT molecular complexity index is 931. The van der Waals surface area contributed by atoms with E-state index in [-0.39, 0.29) is 0 Å². The smallest absolute Gasteiger partial charge is 0.309 e. The van der Waals surface area contributed by atoms with E-state index in [1.807, 2.05) is 0 Å². The van der Waals surface area contributed by atoms with E-state index in [1.54, 1.807) is 52.0 Å². The molecule has 6 N–H and O–H groups in total. The van der Waals surface area contributed by atoms with Crippen LogP contribution < -0.4 is 0 Å². The van der Waals surface area contributed by atoms with Crippen LogP contribution in [0, 0.1) is 10.8 Å². The van der Waals surface area contributed by atoms with Gasteiger partial charge < -0.3 is 30.6 Å². The molecule has 2 aliphatic rings. The number of aliphatic hydroxyl groups is 4. The third kappa shape index (κ3) is 9.05. The molecule has 38 heavy (non-hydrogen) atoms. The highest BCUT2D eigenvalue weighted by atomic mass is 16.4. The van der Waals surface area contributed by atoms with Gasteiger partial charge in [-0.05, 0) is 101 Å². The zero-order valence-corrected chi connectivity index (χ0v) is 22.9. The number of aliphatic carboxylic acids is 2. The Morgan fingerprint density at radius 1 is 0.658 bits per heavy atom. The maximum Gasteiger partial charge on any atom is 0.309 e. The zero-order chi connectivity index (χ0) is 28.7. The van der Waals surface area contributed by atoms with Crippen molar-refractivity contribution in [1.82, 2.24) is 0 Å². The van der Waals surface area contributed by atoms with Crippen molar-refractivity contribution < 1.29 is 40.2 Å². The molecule has 0 bridgehead atoms. The fourth-order valence-electron chi connectivity index (χ4n) is 4.65. The molecule has 0 amide bonds. The Morgan fingerprint density at radius 3 is 1.32 bits per heavy atom. The lowest BCUT2D eigenvalue weighted by Gasteiger charge is -2.25. The van der Waals surface area contributed by atoms with E-state index in [0.29, 0.717) is 73.7 Å². The van der Waals surface area contributed by atoms with Crippen LogP contribution in [-0.2, 0) is 9.59 Å². The van der Waals surface area contributed by atoms with Gasteiger partial charge in [-0.3, -0.25) is 9.59 Å². The fourth-order valence-corrected chi connectivity index (χ4v) is 4.65. The Balaban J connectivity index is 1.95. The second-order valence-electron chi connectivity index (χ2n) is 11.7. The molecule has 8 heteroatoms. The molecule has 0 aromatic heterocycles. The second kappa shape index (κ2) is 13.5. The lowest BCUT2D eigenvalue weighted by atomic mass is 9.84. The van der Waals surface area contributed by atoms with E-state index >= 15 is 0 Å². The summed E-state index contributed by atoms with van der Waals surface area (Å²) in [6, 6.07) is 0. The molecule has 0 aromatic rings. The van der Waals surface area contributed by atoms with Crippen LogP contribution in [0.2, 0.25) is 0 Å². The van der Waals surface area contributed by atoms with Crippen LogP contribution in [0.15, 0.2) is 58.7 Å². The highest BCUT2D eigenvalue weighted by Gasteiger charge is 2.28. The van der Waals surface area contributed by atoms with Crippen molar-refractivity contribution in [2.75, 3.05) is 0 Å². The molecule has 2 rings (SSSR count). The number of carboxylic acid groups (broad SMARTS) is 2. The highest BCUT2D eigenvalue weighted by Crippen LogP contribution is 2.31. The maximum atomic E-state index is 11.3. The number of aliphatic hydroxyl groups excluding tert-OH is 4. The molecule has 0 saturated heterocycles. The molecule has 0 radical (unpaired) electrons. The Kier molecular flexibility index (Phi) is 11.3. The summed E-state index contributed by atoms with van der Waals surface area (Å²) in [6.45, 7) is 6.74. The lowest BCUT2D eigenvalue weighted by molar-refractivity contribution is -0.148. The van der Waals surface area contributed by atoms with Crippen LogP contribution in [0.1, 0.15) is 79.1 Å². The highest BCUT2D eigenvalue weighted by molar-refractivity contribution is 5.73. The van der Waals surface area contributed by atoms with Gasteiger partial charge in [0.25, 0.3) is 0 Å². The summed E-state index contributed by atoms with van der Waals surface area (Å²) in [6.07, 6.45) is 10.7. The molecule has 0 saturated carbocycles. The Morgan fingerprint density at radius 2 is 1.00 bits per heavy atom. The summed E-state index contributed by atoms with van der Waals surface area (Å²) in [5.41, 5.74) is 0.667. The van der Waals surface area contributed by atoms with E-state index < -0.39 is 47.2 Å². The molecule has 0 aliphatic heterocycles. The van der Waals surface area contributed by atoms with E-state index in [1.165, 1.54) is 12.2 Å². The molecule has 2 aliphatic carbocycles. The predicted molar refractivity (Wildman–Crippen MR) is 145 cm³/mol. The Hall–Kier alpha value is -2.52. The van der Waals surface area contributed by atoms with Gasteiger partial charge in [0.1, 0.15) is 0 Å². The molecule has 0 spiro atoms. The van der Waals surface area contributed by atoms with Gasteiger partial charge in [0.2, 0.25) is 0 Å². The van der Waals surface area contributed by atoms with Crippen molar-refractivity contribution in [2.24, 2.45) is 10.8 Å². The van der Waals surface area contributed by atoms with Gasteiger partial charge in [-0.2, -0.15) is 0 Å². The minimum absolute atomic E-state index is 0.482. The van der Waals surface area contributed by atoms with Gasteiger partial charge in [-0.25, -0.2) is 0 Å². The molecular formula is C30H44O8. The van der Waals surface area contributed by atoms with Gasteiger partial charge in [0, 0.05) is 0 Å². The molecule has 4 atom stereocenters. The number of unbranched alkanes of at least 4 members (excludes halogenated alkanes) is 2. The number of rotatable bonds is 14. The summed E-state index contributed by atoms with van der Waals surface area (Å²) >= 11 is 0. The van der Waals surface area contributed by atoms with Crippen LogP contribution in [0.25, 0.3) is 0 Å². The quantitative estimate of drug-likeness (QED) is 0.144. The third-order valence-corrected chi connectivity index (χ3v) is 7.49. The van der Waals surface area contributed by atoms with Gasteiger partial charge >= 0.3 is 11.9 Å². The molecule has 0 fully saturated rings. The predicted octanol–water partition coefficient (Wildman–Crippen LogP) is 4.06. The normalized spacial score (nSPS) is 24.5. The minimum Gasteiger partial charge on any atom is -0.481 e. The van der Waals surface area contributed by atoms with Gasteiger partial charge in [-0.1, -0.05) is 37.1 Å². The van der Waals surface area contributed by atoms with Gasteiger partial charge in [0.05, 0.1) is 35.2 Å². The summed E-state index contributed by atoms with van der Waals surface area (Å²) in [5.74, 6) is -1.69.